The molecule has 1 fully saturated rings. The standard InChI is InChI=1S/C16H26N4O2S/c1-12-16(13(2)19-18-12)23(21,22)20-10-8-15(9-11-20)17-14-6-4-3-5-7-14/h4,6,14-15,17H,3,5,7-11H2,1-2H3,(H,18,19). The maximum atomic E-state index is 12.8. The highest BCUT2D eigenvalue weighted by molar-refractivity contribution is 7.89. The summed E-state index contributed by atoms with van der Waals surface area (Å²) in [5.74, 6) is 0. The number of aromatic amines is 1. The first kappa shape index (κ1) is 16.7. The van der Waals surface area contributed by atoms with Gasteiger partial charge in [-0.1, -0.05) is 12.2 Å². The first-order chi connectivity index (χ1) is 11.0. The van der Waals surface area contributed by atoms with Crippen molar-refractivity contribution in [1.82, 2.24) is 19.8 Å². The molecule has 2 aliphatic rings. The fraction of sp³-hybridized carbons (Fsp3) is 0.688. The molecule has 0 bridgehead atoms. The normalized spacial score (nSPS) is 24.2. The molecule has 1 aromatic rings. The van der Waals surface area contributed by atoms with Gasteiger partial charge in [0.05, 0.1) is 11.4 Å². The number of nitrogens with one attached hydrogen (secondary N) is 2. The van der Waals surface area contributed by atoms with Gasteiger partial charge in [0.25, 0.3) is 0 Å². The maximum absolute atomic E-state index is 12.8. The number of H-pyrrole nitrogens is 1. The Hall–Kier alpha value is -1.18. The number of rotatable bonds is 4. The minimum Gasteiger partial charge on any atom is -0.308 e. The molecule has 2 N–H and O–H groups in total. The van der Waals surface area contributed by atoms with Gasteiger partial charge in [0, 0.05) is 25.2 Å². The number of nitrogens with zero attached hydrogens (tertiary/aromatic N) is 2. The van der Waals surface area contributed by atoms with E-state index in [1.54, 1.807) is 18.2 Å². The lowest BCUT2D eigenvalue weighted by Crippen LogP contribution is -2.47. The van der Waals surface area contributed by atoms with Crippen LogP contribution >= 0.6 is 0 Å². The molecule has 7 heteroatoms. The summed E-state index contributed by atoms with van der Waals surface area (Å²) >= 11 is 0. The lowest BCUT2D eigenvalue weighted by atomic mass is 9.99. The predicted octanol–water partition coefficient (Wildman–Crippen LogP) is 1.88. The fourth-order valence-electron chi connectivity index (χ4n) is 3.57. The Bertz CT molecular complexity index is 653. The van der Waals surface area contributed by atoms with Gasteiger partial charge in [-0.2, -0.15) is 9.40 Å². The van der Waals surface area contributed by atoms with Crippen LogP contribution in [0.3, 0.4) is 0 Å². The highest BCUT2D eigenvalue weighted by Gasteiger charge is 2.33. The van der Waals surface area contributed by atoms with Crippen molar-refractivity contribution in [2.45, 2.75) is 62.9 Å². The third-order valence-electron chi connectivity index (χ3n) is 4.82. The van der Waals surface area contributed by atoms with Crippen LogP contribution < -0.4 is 5.32 Å². The van der Waals surface area contributed by atoms with Gasteiger partial charge in [0.1, 0.15) is 4.90 Å². The first-order valence-electron chi connectivity index (χ1n) is 8.43. The smallest absolute Gasteiger partial charge is 0.246 e. The van der Waals surface area contributed by atoms with Crippen molar-refractivity contribution in [2.24, 2.45) is 0 Å². The van der Waals surface area contributed by atoms with Crippen LogP contribution in [0.15, 0.2) is 17.0 Å². The van der Waals surface area contributed by atoms with Crippen molar-refractivity contribution in [1.29, 1.82) is 0 Å². The molecule has 1 unspecified atom stereocenters. The molecule has 1 aromatic heterocycles. The van der Waals surface area contributed by atoms with Crippen molar-refractivity contribution in [3.63, 3.8) is 0 Å². The van der Waals surface area contributed by atoms with Crippen LogP contribution in [0.1, 0.15) is 43.5 Å². The summed E-state index contributed by atoms with van der Waals surface area (Å²) in [6.07, 6.45) is 9.82. The molecule has 0 amide bonds. The van der Waals surface area contributed by atoms with Crippen LogP contribution in [0.2, 0.25) is 0 Å². The predicted molar refractivity (Wildman–Crippen MR) is 89.8 cm³/mol. The molecule has 1 aliphatic heterocycles. The zero-order chi connectivity index (χ0) is 16.4. The van der Waals surface area contributed by atoms with E-state index in [1.165, 1.54) is 19.3 Å². The van der Waals surface area contributed by atoms with E-state index in [-0.39, 0.29) is 0 Å². The molecule has 1 aliphatic carbocycles. The highest BCUT2D eigenvalue weighted by Crippen LogP contribution is 2.25. The van der Waals surface area contributed by atoms with Gasteiger partial charge in [-0.3, -0.25) is 5.10 Å². The largest absolute Gasteiger partial charge is 0.308 e. The van der Waals surface area contributed by atoms with Gasteiger partial charge < -0.3 is 5.32 Å². The number of hydrogen-bond acceptors (Lipinski definition) is 4. The highest BCUT2D eigenvalue weighted by atomic mass is 32.2. The summed E-state index contributed by atoms with van der Waals surface area (Å²) in [7, 11) is -3.44. The first-order valence-corrected chi connectivity index (χ1v) is 9.87. The molecule has 1 saturated heterocycles. The molecular formula is C16H26N4O2S. The van der Waals surface area contributed by atoms with E-state index in [4.69, 9.17) is 0 Å². The van der Waals surface area contributed by atoms with E-state index < -0.39 is 10.0 Å². The zero-order valence-corrected chi connectivity index (χ0v) is 14.7. The SMILES string of the molecule is Cc1n[nH]c(C)c1S(=O)(=O)N1CCC(NC2C=CCCC2)CC1. The van der Waals surface area contributed by atoms with E-state index in [9.17, 15) is 8.42 Å². The number of aromatic nitrogens is 2. The van der Waals surface area contributed by atoms with Crippen LogP contribution in [0.5, 0.6) is 0 Å². The third kappa shape index (κ3) is 3.51. The number of allylic oxidation sites excluding steroid dienone is 1. The molecule has 3 rings (SSSR count). The average Bonchev–Trinajstić information content (AvgIpc) is 2.88. The van der Waals surface area contributed by atoms with E-state index >= 15 is 0 Å². The summed E-state index contributed by atoms with van der Waals surface area (Å²) in [4.78, 5) is 0.346. The summed E-state index contributed by atoms with van der Waals surface area (Å²) in [5.41, 5.74) is 1.17. The summed E-state index contributed by atoms with van der Waals surface area (Å²) in [6, 6.07) is 0.857. The van der Waals surface area contributed by atoms with Gasteiger partial charge in [-0.05, 0) is 46.0 Å². The topological polar surface area (TPSA) is 78.1 Å². The van der Waals surface area contributed by atoms with Crippen LogP contribution in [0.4, 0.5) is 0 Å². The molecule has 0 saturated carbocycles. The lowest BCUT2D eigenvalue weighted by Gasteiger charge is -2.34. The quantitative estimate of drug-likeness (QED) is 0.822. The average molecular weight is 338 g/mol. The van der Waals surface area contributed by atoms with Gasteiger partial charge in [0.15, 0.2) is 0 Å². The third-order valence-corrected chi connectivity index (χ3v) is 6.98. The lowest BCUT2D eigenvalue weighted by molar-refractivity contribution is 0.277. The Balaban J connectivity index is 1.62. The van der Waals surface area contributed by atoms with Crippen molar-refractivity contribution < 1.29 is 8.42 Å². The van der Waals surface area contributed by atoms with E-state index in [0.29, 0.717) is 41.5 Å². The Morgan fingerprint density at radius 2 is 2.00 bits per heavy atom. The van der Waals surface area contributed by atoms with Crippen LogP contribution in [-0.2, 0) is 10.0 Å². The molecule has 23 heavy (non-hydrogen) atoms. The molecule has 0 aromatic carbocycles. The fourth-order valence-corrected chi connectivity index (χ4v) is 5.37. The molecule has 1 atom stereocenters. The van der Waals surface area contributed by atoms with Gasteiger partial charge in [-0.15, -0.1) is 0 Å². The monoisotopic (exact) mass is 338 g/mol. The van der Waals surface area contributed by atoms with Crippen molar-refractivity contribution >= 4 is 10.0 Å². The number of hydrogen-bond donors (Lipinski definition) is 2. The summed E-state index contributed by atoms with van der Waals surface area (Å²) in [6.45, 7) is 4.64. The Morgan fingerprint density at radius 1 is 1.26 bits per heavy atom. The van der Waals surface area contributed by atoms with Crippen molar-refractivity contribution in [3.05, 3.63) is 23.5 Å². The minimum absolute atomic E-state index is 0.346. The Labute approximate surface area is 138 Å². The van der Waals surface area contributed by atoms with Crippen LogP contribution in [0, 0.1) is 13.8 Å². The molecule has 2 heterocycles. The van der Waals surface area contributed by atoms with Crippen molar-refractivity contribution in [3.8, 4) is 0 Å². The zero-order valence-electron chi connectivity index (χ0n) is 13.9. The molecule has 6 nitrogen and oxygen atoms in total. The van der Waals surface area contributed by atoms with Gasteiger partial charge in [-0.25, -0.2) is 8.42 Å². The van der Waals surface area contributed by atoms with Crippen molar-refractivity contribution in [2.75, 3.05) is 13.1 Å². The molecule has 128 valence electrons. The number of aryl methyl sites for hydroxylation is 2. The summed E-state index contributed by atoms with van der Waals surface area (Å²) < 4.78 is 27.2. The Morgan fingerprint density at radius 3 is 2.57 bits per heavy atom. The second-order valence-electron chi connectivity index (χ2n) is 6.57. The van der Waals surface area contributed by atoms with Gasteiger partial charge >= 0.3 is 0 Å². The van der Waals surface area contributed by atoms with Crippen LogP contribution in [-0.4, -0.2) is 48.1 Å². The molecular weight excluding hydrogens is 312 g/mol. The van der Waals surface area contributed by atoms with Crippen LogP contribution in [0.25, 0.3) is 0 Å². The second-order valence-corrected chi connectivity index (χ2v) is 8.45. The summed E-state index contributed by atoms with van der Waals surface area (Å²) in [5, 5.41) is 10.4. The van der Waals surface area contributed by atoms with E-state index in [2.05, 4.69) is 27.7 Å². The van der Waals surface area contributed by atoms with Gasteiger partial charge in [0.2, 0.25) is 10.0 Å². The van der Waals surface area contributed by atoms with E-state index in [0.717, 1.165) is 12.8 Å². The maximum Gasteiger partial charge on any atom is 0.246 e. The minimum atomic E-state index is -3.44. The molecule has 0 radical (unpaired) electrons. The Kier molecular flexibility index (Phi) is 4.89. The molecule has 0 spiro atoms. The number of piperidine rings is 1. The second kappa shape index (κ2) is 6.75. The number of sulfonamides is 1. The van der Waals surface area contributed by atoms with E-state index in [1.807, 2.05) is 0 Å².